The quantitative estimate of drug-likeness (QED) is 0.767. The van der Waals surface area contributed by atoms with Crippen LogP contribution < -0.4 is 5.73 Å². The molecule has 0 saturated carbocycles. The van der Waals surface area contributed by atoms with Crippen molar-refractivity contribution >= 4 is 12.4 Å². The Bertz CT molecular complexity index is 349. The van der Waals surface area contributed by atoms with Crippen LogP contribution in [-0.2, 0) is 5.41 Å². The Hall–Kier alpha value is -0.790. The lowest BCUT2D eigenvalue weighted by Crippen LogP contribution is -2.32. The first kappa shape index (κ1) is 12.3. The van der Waals surface area contributed by atoms with Crippen LogP contribution in [-0.4, -0.2) is 6.54 Å². The lowest BCUT2D eigenvalue weighted by molar-refractivity contribution is 0.470. The molecule has 0 unspecified atom stereocenters. The van der Waals surface area contributed by atoms with Crippen LogP contribution in [0.1, 0.15) is 24.0 Å². The third kappa shape index (κ3) is 2.24. The second kappa shape index (κ2) is 4.82. The molecule has 0 saturated heterocycles. The maximum atomic E-state index is 5.91. The molecule has 0 aromatic heterocycles. The molecule has 0 radical (unpaired) electrons. The highest BCUT2D eigenvalue weighted by Gasteiger charge is 2.31. The number of aryl methyl sites for hydroxylation is 1. The first-order chi connectivity index (χ1) is 6.77. The van der Waals surface area contributed by atoms with Crippen molar-refractivity contribution in [3.8, 4) is 0 Å². The van der Waals surface area contributed by atoms with E-state index in [4.69, 9.17) is 5.73 Å². The number of allylic oxidation sites excluding steroid dienone is 2. The minimum Gasteiger partial charge on any atom is -0.330 e. The summed E-state index contributed by atoms with van der Waals surface area (Å²) in [6.45, 7) is 2.87. The molecule has 0 atom stereocenters. The van der Waals surface area contributed by atoms with E-state index in [2.05, 4.69) is 43.3 Å². The zero-order valence-corrected chi connectivity index (χ0v) is 9.89. The van der Waals surface area contributed by atoms with Gasteiger partial charge in [0.15, 0.2) is 0 Å². The number of hydrogen-bond acceptors (Lipinski definition) is 1. The van der Waals surface area contributed by atoms with Crippen molar-refractivity contribution in [3.05, 3.63) is 47.5 Å². The Balaban J connectivity index is 0.00000112. The molecular formula is C13H18ClN. The first-order valence-corrected chi connectivity index (χ1v) is 5.19. The van der Waals surface area contributed by atoms with Crippen LogP contribution in [0.5, 0.6) is 0 Å². The lowest BCUT2D eigenvalue weighted by Gasteiger charge is -2.28. The predicted molar refractivity (Wildman–Crippen MR) is 67.5 cm³/mol. The van der Waals surface area contributed by atoms with E-state index in [1.807, 2.05) is 0 Å². The SMILES string of the molecule is Cc1cccc(C2(CN)CC=CC2)c1.Cl. The lowest BCUT2D eigenvalue weighted by atomic mass is 9.78. The van der Waals surface area contributed by atoms with Crippen LogP contribution in [0.15, 0.2) is 36.4 Å². The minimum absolute atomic E-state index is 0. The number of benzene rings is 1. The van der Waals surface area contributed by atoms with E-state index in [-0.39, 0.29) is 17.8 Å². The topological polar surface area (TPSA) is 26.0 Å². The normalized spacial score (nSPS) is 17.5. The van der Waals surface area contributed by atoms with Crippen molar-refractivity contribution in [1.82, 2.24) is 0 Å². The minimum atomic E-state index is 0. The van der Waals surface area contributed by atoms with Gasteiger partial charge in [0.05, 0.1) is 0 Å². The van der Waals surface area contributed by atoms with Crippen LogP contribution in [0, 0.1) is 6.92 Å². The summed E-state index contributed by atoms with van der Waals surface area (Å²) in [6.07, 6.45) is 6.67. The Labute approximate surface area is 97.8 Å². The van der Waals surface area contributed by atoms with E-state index in [0.29, 0.717) is 0 Å². The van der Waals surface area contributed by atoms with Gasteiger partial charge in [0, 0.05) is 12.0 Å². The molecule has 2 heteroatoms. The average Bonchev–Trinajstić information content (AvgIpc) is 2.67. The fourth-order valence-electron chi connectivity index (χ4n) is 2.20. The number of rotatable bonds is 2. The summed E-state index contributed by atoms with van der Waals surface area (Å²) in [4.78, 5) is 0. The standard InChI is InChI=1S/C13H17N.ClH/c1-11-5-4-6-12(9-11)13(10-14)7-2-3-8-13;/h2-6,9H,7-8,10,14H2,1H3;1H. The van der Waals surface area contributed by atoms with Crippen LogP contribution in [0.2, 0.25) is 0 Å². The van der Waals surface area contributed by atoms with E-state index in [0.717, 1.165) is 19.4 Å². The van der Waals surface area contributed by atoms with Crippen molar-refractivity contribution in [3.63, 3.8) is 0 Å². The van der Waals surface area contributed by atoms with Gasteiger partial charge in [-0.1, -0.05) is 42.0 Å². The van der Waals surface area contributed by atoms with Crippen LogP contribution >= 0.6 is 12.4 Å². The van der Waals surface area contributed by atoms with Gasteiger partial charge in [0.2, 0.25) is 0 Å². The smallest absolute Gasteiger partial charge is 0.0144 e. The molecule has 2 rings (SSSR count). The zero-order chi connectivity index (χ0) is 10.0. The van der Waals surface area contributed by atoms with Gasteiger partial charge in [-0.05, 0) is 25.3 Å². The summed E-state index contributed by atoms with van der Waals surface area (Å²) in [7, 11) is 0. The van der Waals surface area contributed by atoms with Gasteiger partial charge < -0.3 is 5.73 Å². The van der Waals surface area contributed by atoms with Gasteiger partial charge in [-0.3, -0.25) is 0 Å². The Kier molecular flexibility index (Phi) is 3.95. The molecule has 2 N–H and O–H groups in total. The number of hydrogen-bond donors (Lipinski definition) is 1. The van der Waals surface area contributed by atoms with Gasteiger partial charge >= 0.3 is 0 Å². The molecule has 0 heterocycles. The molecule has 0 aliphatic heterocycles. The highest BCUT2D eigenvalue weighted by Crippen LogP contribution is 2.36. The highest BCUT2D eigenvalue weighted by atomic mass is 35.5. The summed E-state index contributed by atoms with van der Waals surface area (Å²) in [6, 6.07) is 8.73. The van der Waals surface area contributed by atoms with Gasteiger partial charge in [-0.2, -0.15) is 0 Å². The molecule has 0 amide bonds. The molecule has 0 bridgehead atoms. The van der Waals surface area contributed by atoms with Crippen molar-refractivity contribution in [2.75, 3.05) is 6.54 Å². The van der Waals surface area contributed by atoms with Gasteiger partial charge in [0.1, 0.15) is 0 Å². The van der Waals surface area contributed by atoms with Gasteiger partial charge in [-0.25, -0.2) is 0 Å². The van der Waals surface area contributed by atoms with Gasteiger partial charge in [-0.15, -0.1) is 12.4 Å². The van der Waals surface area contributed by atoms with E-state index in [1.54, 1.807) is 0 Å². The third-order valence-electron chi connectivity index (χ3n) is 3.21. The first-order valence-electron chi connectivity index (χ1n) is 5.19. The summed E-state index contributed by atoms with van der Waals surface area (Å²) in [5.41, 5.74) is 8.81. The Morgan fingerprint density at radius 2 is 1.93 bits per heavy atom. The Morgan fingerprint density at radius 3 is 2.47 bits per heavy atom. The monoisotopic (exact) mass is 223 g/mol. The number of halogens is 1. The van der Waals surface area contributed by atoms with E-state index < -0.39 is 0 Å². The molecule has 1 nitrogen and oxygen atoms in total. The molecule has 1 aliphatic carbocycles. The van der Waals surface area contributed by atoms with Crippen LogP contribution in [0.25, 0.3) is 0 Å². The molecule has 1 aromatic rings. The fourth-order valence-corrected chi connectivity index (χ4v) is 2.20. The molecular weight excluding hydrogens is 206 g/mol. The molecule has 0 fully saturated rings. The third-order valence-corrected chi connectivity index (χ3v) is 3.21. The van der Waals surface area contributed by atoms with Crippen molar-refractivity contribution in [2.24, 2.45) is 5.73 Å². The second-order valence-corrected chi connectivity index (χ2v) is 4.23. The predicted octanol–water partition coefficient (Wildman–Crippen LogP) is 2.96. The number of nitrogens with two attached hydrogens (primary N) is 1. The average molecular weight is 224 g/mol. The van der Waals surface area contributed by atoms with Crippen molar-refractivity contribution < 1.29 is 0 Å². The largest absolute Gasteiger partial charge is 0.330 e. The molecule has 0 spiro atoms. The molecule has 1 aliphatic rings. The van der Waals surface area contributed by atoms with E-state index in [9.17, 15) is 0 Å². The molecule has 1 aromatic carbocycles. The highest BCUT2D eigenvalue weighted by molar-refractivity contribution is 5.85. The summed E-state index contributed by atoms with van der Waals surface area (Å²) in [5.74, 6) is 0. The van der Waals surface area contributed by atoms with Crippen LogP contribution in [0.3, 0.4) is 0 Å². The summed E-state index contributed by atoms with van der Waals surface area (Å²) < 4.78 is 0. The maximum Gasteiger partial charge on any atom is 0.0144 e. The van der Waals surface area contributed by atoms with Crippen LogP contribution in [0.4, 0.5) is 0 Å². The maximum absolute atomic E-state index is 5.91. The van der Waals surface area contributed by atoms with Gasteiger partial charge in [0.25, 0.3) is 0 Å². The molecule has 82 valence electrons. The van der Waals surface area contributed by atoms with E-state index >= 15 is 0 Å². The zero-order valence-electron chi connectivity index (χ0n) is 9.07. The van der Waals surface area contributed by atoms with Crippen molar-refractivity contribution in [1.29, 1.82) is 0 Å². The van der Waals surface area contributed by atoms with E-state index in [1.165, 1.54) is 11.1 Å². The summed E-state index contributed by atoms with van der Waals surface area (Å²) in [5, 5.41) is 0. The summed E-state index contributed by atoms with van der Waals surface area (Å²) >= 11 is 0. The van der Waals surface area contributed by atoms with Crippen molar-refractivity contribution in [2.45, 2.75) is 25.2 Å². The fraction of sp³-hybridized carbons (Fsp3) is 0.385. The Morgan fingerprint density at radius 1 is 1.27 bits per heavy atom. The second-order valence-electron chi connectivity index (χ2n) is 4.23. The molecule has 15 heavy (non-hydrogen) atoms.